The van der Waals surface area contributed by atoms with Crippen molar-refractivity contribution in [1.82, 2.24) is 0 Å². The first-order chi connectivity index (χ1) is 7.11. The molecule has 0 fully saturated rings. The number of rotatable bonds is 5. The second-order valence-corrected chi connectivity index (χ2v) is 5.03. The Bertz CT molecular complexity index is 297. The van der Waals surface area contributed by atoms with E-state index in [4.69, 9.17) is 17.3 Å². The third-order valence-corrected chi connectivity index (χ3v) is 3.40. The van der Waals surface area contributed by atoms with Gasteiger partial charge in [0.2, 0.25) is 0 Å². The van der Waals surface area contributed by atoms with Crippen molar-refractivity contribution in [3.05, 3.63) is 34.6 Å². The van der Waals surface area contributed by atoms with Crippen molar-refractivity contribution < 1.29 is 4.39 Å². The molecule has 1 aromatic rings. The Balaban J connectivity index is 2.43. The molecule has 0 aliphatic rings. The van der Waals surface area contributed by atoms with E-state index in [0.717, 1.165) is 12.2 Å². The van der Waals surface area contributed by atoms with Gasteiger partial charge in [-0.15, -0.1) is 0 Å². The van der Waals surface area contributed by atoms with Crippen molar-refractivity contribution in [3.8, 4) is 0 Å². The Kier molecular flexibility index (Phi) is 5.43. The van der Waals surface area contributed by atoms with Crippen LogP contribution in [0.15, 0.2) is 18.2 Å². The van der Waals surface area contributed by atoms with Gasteiger partial charge < -0.3 is 5.73 Å². The second kappa shape index (κ2) is 6.36. The smallest absolute Gasteiger partial charge is 0.128 e. The van der Waals surface area contributed by atoms with Crippen molar-refractivity contribution in [2.75, 3.05) is 5.75 Å². The summed E-state index contributed by atoms with van der Waals surface area (Å²) in [4.78, 5) is 0. The number of benzene rings is 1. The zero-order valence-corrected chi connectivity index (χ0v) is 10.2. The lowest BCUT2D eigenvalue weighted by molar-refractivity contribution is 0.617. The number of thioether (sulfide) groups is 1. The summed E-state index contributed by atoms with van der Waals surface area (Å²) in [5, 5.41) is 0.503. The molecule has 1 nitrogen and oxygen atoms in total. The molecule has 0 saturated carbocycles. The lowest BCUT2D eigenvalue weighted by atomic mass is 10.2. The maximum absolute atomic E-state index is 13.3. The molecule has 1 rings (SSSR count). The van der Waals surface area contributed by atoms with Crippen LogP contribution in [0.1, 0.15) is 18.9 Å². The van der Waals surface area contributed by atoms with Crippen LogP contribution >= 0.6 is 23.4 Å². The quantitative estimate of drug-likeness (QED) is 0.807. The Morgan fingerprint density at radius 1 is 1.53 bits per heavy atom. The summed E-state index contributed by atoms with van der Waals surface area (Å²) in [7, 11) is 0. The van der Waals surface area contributed by atoms with Gasteiger partial charge in [0.05, 0.1) is 0 Å². The lowest BCUT2D eigenvalue weighted by Crippen LogP contribution is -2.15. The van der Waals surface area contributed by atoms with Crippen LogP contribution < -0.4 is 5.73 Å². The highest BCUT2D eigenvalue weighted by atomic mass is 35.5. The molecule has 0 amide bonds. The van der Waals surface area contributed by atoms with Crippen molar-refractivity contribution in [2.24, 2.45) is 5.73 Å². The van der Waals surface area contributed by atoms with E-state index in [1.807, 2.05) is 6.92 Å². The number of hydrogen-bond donors (Lipinski definition) is 1. The van der Waals surface area contributed by atoms with Crippen LogP contribution in [0.5, 0.6) is 0 Å². The first kappa shape index (κ1) is 12.8. The Labute approximate surface area is 99.2 Å². The fourth-order valence-corrected chi connectivity index (χ4v) is 2.60. The summed E-state index contributed by atoms with van der Waals surface area (Å²) in [5.74, 6) is 1.32. The normalized spacial score (nSPS) is 12.8. The monoisotopic (exact) mass is 247 g/mol. The molecule has 0 radical (unpaired) electrons. The van der Waals surface area contributed by atoms with Gasteiger partial charge in [-0.2, -0.15) is 11.8 Å². The van der Waals surface area contributed by atoms with Crippen LogP contribution in [-0.2, 0) is 5.75 Å². The Morgan fingerprint density at radius 2 is 2.27 bits per heavy atom. The predicted molar refractivity (Wildman–Crippen MR) is 65.8 cm³/mol. The lowest BCUT2D eigenvalue weighted by Gasteiger charge is -2.07. The van der Waals surface area contributed by atoms with Crippen molar-refractivity contribution in [3.63, 3.8) is 0 Å². The van der Waals surface area contributed by atoms with Gasteiger partial charge in [0.1, 0.15) is 5.82 Å². The van der Waals surface area contributed by atoms with Crippen LogP contribution in [0.2, 0.25) is 5.02 Å². The molecule has 0 saturated heterocycles. The SMILES string of the molecule is CC(N)CCSCc1c(F)cccc1Cl. The van der Waals surface area contributed by atoms with E-state index in [0.29, 0.717) is 16.3 Å². The molecule has 0 aliphatic carbocycles. The molecule has 0 heterocycles. The molecule has 0 aromatic heterocycles. The predicted octanol–water partition coefficient (Wildman–Crippen LogP) is 3.45. The third kappa shape index (κ3) is 4.41. The molecular formula is C11H15ClFNS. The zero-order chi connectivity index (χ0) is 11.3. The molecule has 1 aromatic carbocycles. The van der Waals surface area contributed by atoms with Crippen molar-refractivity contribution in [1.29, 1.82) is 0 Å². The van der Waals surface area contributed by atoms with Gasteiger partial charge in [0.15, 0.2) is 0 Å². The minimum Gasteiger partial charge on any atom is -0.328 e. The first-order valence-electron chi connectivity index (χ1n) is 4.87. The molecule has 0 bridgehead atoms. The largest absolute Gasteiger partial charge is 0.328 e. The van der Waals surface area contributed by atoms with Gasteiger partial charge in [-0.25, -0.2) is 4.39 Å². The standard InChI is InChI=1S/C11H15ClFNS/c1-8(14)5-6-15-7-9-10(12)3-2-4-11(9)13/h2-4,8H,5-7,14H2,1H3. The summed E-state index contributed by atoms with van der Waals surface area (Å²) < 4.78 is 13.3. The number of nitrogens with two attached hydrogens (primary N) is 1. The highest BCUT2D eigenvalue weighted by Gasteiger charge is 2.06. The van der Waals surface area contributed by atoms with E-state index in [9.17, 15) is 4.39 Å². The topological polar surface area (TPSA) is 26.0 Å². The molecule has 1 unspecified atom stereocenters. The number of halogens is 2. The van der Waals surface area contributed by atoms with Gasteiger partial charge in [0.25, 0.3) is 0 Å². The van der Waals surface area contributed by atoms with Crippen molar-refractivity contribution in [2.45, 2.75) is 25.1 Å². The summed E-state index contributed by atoms with van der Waals surface area (Å²) >= 11 is 7.55. The third-order valence-electron chi connectivity index (χ3n) is 2.03. The molecular weight excluding hydrogens is 233 g/mol. The van der Waals surface area contributed by atoms with Gasteiger partial charge in [-0.05, 0) is 31.2 Å². The maximum Gasteiger partial charge on any atom is 0.128 e. The van der Waals surface area contributed by atoms with Crippen LogP contribution in [-0.4, -0.2) is 11.8 Å². The van der Waals surface area contributed by atoms with Crippen molar-refractivity contribution >= 4 is 23.4 Å². The molecule has 4 heteroatoms. The van der Waals surface area contributed by atoms with E-state index in [-0.39, 0.29) is 11.9 Å². The molecule has 0 aliphatic heterocycles. The van der Waals surface area contributed by atoms with Gasteiger partial charge in [0, 0.05) is 22.4 Å². The van der Waals surface area contributed by atoms with Gasteiger partial charge in [-0.1, -0.05) is 17.7 Å². The van der Waals surface area contributed by atoms with Crippen LogP contribution in [0, 0.1) is 5.82 Å². The second-order valence-electron chi connectivity index (χ2n) is 3.52. The number of hydrogen-bond acceptors (Lipinski definition) is 2. The van der Waals surface area contributed by atoms with Gasteiger partial charge in [-0.3, -0.25) is 0 Å². The summed E-state index contributed by atoms with van der Waals surface area (Å²) in [6, 6.07) is 4.97. The van der Waals surface area contributed by atoms with E-state index in [1.54, 1.807) is 23.9 Å². The first-order valence-corrected chi connectivity index (χ1v) is 6.40. The van der Waals surface area contributed by atoms with Crippen LogP contribution in [0.3, 0.4) is 0 Å². The van der Waals surface area contributed by atoms with E-state index < -0.39 is 0 Å². The molecule has 1 atom stereocenters. The Hall–Kier alpha value is -0.250. The zero-order valence-electron chi connectivity index (χ0n) is 8.67. The minimum absolute atomic E-state index is 0.202. The fraction of sp³-hybridized carbons (Fsp3) is 0.455. The highest BCUT2D eigenvalue weighted by Crippen LogP contribution is 2.24. The molecule has 84 valence electrons. The summed E-state index contributed by atoms with van der Waals surface area (Å²) in [6.07, 6.45) is 0.941. The molecule has 15 heavy (non-hydrogen) atoms. The van der Waals surface area contributed by atoms with Gasteiger partial charge >= 0.3 is 0 Å². The van der Waals surface area contributed by atoms with E-state index in [1.165, 1.54) is 6.07 Å². The summed E-state index contributed by atoms with van der Waals surface area (Å²) in [6.45, 7) is 1.97. The summed E-state index contributed by atoms with van der Waals surface area (Å²) in [5.41, 5.74) is 6.21. The Morgan fingerprint density at radius 3 is 2.87 bits per heavy atom. The van der Waals surface area contributed by atoms with Crippen LogP contribution in [0.4, 0.5) is 4.39 Å². The minimum atomic E-state index is -0.226. The average molecular weight is 248 g/mol. The maximum atomic E-state index is 13.3. The highest BCUT2D eigenvalue weighted by molar-refractivity contribution is 7.98. The molecule has 0 spiro atoms. The van der Waals surface area contributed by atoms with E-state index in [2.05, 4.69) is 0 Å². The van der Waals surface area contributed by atoms with Crippen LogP contribution in [0.25, 0.3) is 0 Å². The average Bonchev–Trinajstić information content (AvgIpc) is 2.15. The molecule has 2 N–H and O–H groups in total. The fourth-order valence-electron chi connectivity index (χ4n) is 1.11. The van der Waals surface area contributed by atoms with E-state index >= 15 is 0 Å².